The summed E-state index contributed by atoms with van der Waals surface area (Å²) in [6, 6.07) is 6.03. The van der Waals surface area contributed by atoms with Crippen molar-refractivity contribution in [2.45, 2.75) is 32.1 Å². The van der Waals surface area contributed by atoms with Crippen molar-refractivity contribution < 1.29 is 4.79 Å². The van der Waals surface area contributed by atoms with Gasteiger partial charge in [0, 0.05) is 19.6 Å². The molecule has 114 valence electrons. The Morgan fingerprint density at radius 1 is 1.19 bits per heavy atom. The molecule has 1 aromatic rings. The van der Waals surface area contributed by atoms with Crippen LogP contribution in [0.3, 0.4) is 0 Å². The maximum atomic E-state index is 12.4. The lowest BCUT2D eigenvalue weighted by Gasteiger charge is -2.26. The van der Waals surface area contributed by atoms with Gasteiger partial charge in [0.2, 0.25) is 0 Å². The summed E-state index contributed by atoms with van der Waals surface area (Å²) in [5.74, 6) is 0.0539. The summed E-state index contributed by atoms with van der Waals surface area (Å²) in [6.45, 7) is 5.03. The number of fused-ring (bicyclic) bond motifs is 1. The zero-order valence-corrected chi connectivity index (χ0v) is 12.7. The number of likely N-dealkylation sites (tertiary alicyclic amines) is 1. The molecule has 4 heteroatoms. The number of benzene rings is 1. The smallest absolute Gasteiger partial charge is 0.253 e. The summed E-state index contributed by atoms with van der Waals surface area (Å²) in [5, 5.41) is 6.46. The minimum atomic E-state index is 0.0539. The molecule has 2 aliphatic rings. The summed E-state index contributed by atoms with van der Waals surface area (Å²) in [7, 11) is 0. The van der Waals surface area contributed by atoms with Crippen LogP contribution < -0.4 is 10.6 Å². The molecule has 1 saturated heterocycles. The number of amides is 1. The van der Waals surface area contributed by atoms with Gasteiger partial charge in [-0.1, -0.05) is 18.6 Å². The molecule has 0 bridgehead atoms. The van der Waals surface area contributed by atoms with Gasteiger partial charge < -0.3 is 15.5 Å². The molecule has 0 aliphatic carbocycles. The molecule has 0 saturated carbocycles. The molecular formula is C17H25N3O. The van der Waals surface area contributed by atoms with Crippen molar-refractivity contribution >= 4 is 11.6 Å². The monoisotopic (exact) mass is 287 g/mol. The Morgan fingerprint density at radius 3 is 2.90 bits per heavy atom. The topological polar surface area (TPSA) is 44.4 Å². The summed E-state index contributed by atoms with van der Waals surface area (Å²) in [4.78, 5) is 14.8. The Hall–Kier alpha value is -1.55. The summed E-state index contributed by atoms with van der Waals surface area (Å²) >= 11 is 0. The van der Waals surface area contributed by atoms with E-state index in [9.17, 15) is 4.79 Å². The molecule has 1 aromatic carbocycles. The lowest BCUT2D eigenvalue weighted by molar-refractivity contribution is 0.0947. The number of hydrogen-bond donors (Lipinski definition) is 2. The van der Waals surface area contributed by atoms with Crippen LogP contribution in [-0.4, -0.2) is 43.5 Å². The van der Waals surface area contributed by atoms with Gasteiger partial charge >= 0.3 is 0 Å². The second kappa shape index (κ2) is 6.94. The largest absolute Gasteiger partial charge is 0.384 e. The molecule has 0 radical (unpaired) electrons. The van der Waals surface area contributed by atoms with E-state index in [0.717, 1.165) is 43.7 Å². The highest BCUT2D eigenvalue weighted by atomic mass is 16.1. The van der Waals surface area contributed by atoms with Crippen LogP contribution in [0.4, 0.5) is 5.69 Å². The number of aryl methyl sites for hydroxylation is 1. The van der Waals surface area contributed by atoms with Gasteiger partial charge in [-0.25, -0.2) is 0 Å². The Morgan fingerprint density at radius 2 is 2.05 bits per heavy atom. The Balaban J connectivity index is 1.55. The van der Waals surface area contributed by atoms with E-state index in [4.69, 9.17) is 0 Å². The predicted molar refractivity (Wildman–Crippen MR) is 85.9 cm³/mol. The van der Waals surface area contributed by atoms with E-state index in [0.29, 0.717) is 0 Å². The van der Waals surface area contributed by atoms with Crippen molar-refractivity contribution in [3.63, 3.8) is 0 Å². The van der Waals surface area contributed by atoms with Gasteiger partial charge in [-0.05, 0) is 50.4 Å². The highest BCUT2D eigenvalue weighted by molar-refractivity contribution is 6.00. The molecule has 1 fully saturated rings. The third-order valence-electron chi connectivity index (χ3n) is 4.48. The van der Waals surface area contributed by atoms with E-state index in [1.165, 1.54) is 37.9 Å². The minimum Gasteiger partial charge on any atom is -0.384 e. The number of nitrogens with zero attached hydrogens (tertiary/aromatic N) is 1. The molecule has 0 aromatic heterocycles. The first kappa shape index (κ1) is 14.4. The van der Waals surface area contributed by atoms with E-state index < -0.39 is 0 Å². The SMILES string of the molecule is O=C(NCCN1CCCCC1)c1cccc2c1NCCC2. The van der Waals surface area contributed by atoms with E-state index in [-0.39, 0.29) is 5.91 Å². The highest BCUT2D eigenvalue weighted by Gasteiger charge is 2.17. The average Bonchev–Trinajstić information content (AvgIpc) is 2.55. The summed E-state index contributed by atoms with van der Waals surface area (Å²) in [5.41, 5.74) is 3.11. The maximum Gasteiger partial charge on any atom is 0.253 e. The molecule has 4 nitrogen and oxygen atoms in total. The fraction of sp³-hybridized carbons (Fsp3) is 0.588. The zero-order chi connectivity index (χ0) is 14.5. The van der Waals surface area contributed by atoms with Crippen LogP contribution in [0.25, 0.3) is 0 Å². The van der Waals surface area contributed by atoms with Crippen molar-refractivity contribution in [1.82, 2.24) is 10.2 Å². The molecule has 1 amide bonds. The van der Waals surface area contributed by atoms with Crippen molar-refractivity contribution in [3.8, 4) is 0 Å². The molecule has 3 rings (SSSR count). The van der Waals surface area contributed by atoms with Crippen LogP contribution in [0, 0.1) is 0 Å². The van der Waals surface area contributed by atoms with Crippen LogP contribution in [0.1, 0.15) is 41.6 Å². The zero-order valence-electron chi connectivity index (χ0n) is 12.7. The lowest BCUT2D eigenvalue weighted by Crippen LogP contribution is -2.38. The maximum absolute atomic E-state index is 12.4. The molecule has 21 heavy (non-hydrogen) atoms. The van der Waals surface area contributed by atoms with Crippen molar-refractivity contribution in [2.75, 3.05) is 38.0 Å². The Labute approximate surface area is 126 Å². The first-order valence-corrected chi connectivity index (χ1v) is 8.21. The number of carbonyl (C=O) groups is 1. The quantitative estimate of drug-likeness (QED) is 0.893. The van der Waals surface area contributed by atoms with Gasteiger partial charge in [-0.3, -0.25) is 4.79 Å². The fourth-order valence-corrected chi connectivity index (χ4v) is 3.30. The van der Waals surface area contributed by atoms with E-state index in [2.05, 4.69) is 21.6 Å². The second-order valence-corrected chi connectivity index (χ2v) is 6.03. The number of piperidine rings is 1. The lowest BCUT2D eigenvalue weighted by atomic mass is 9.99. The Bertz CT molecular complexity index is 495. The number of anilines is 1. The van der Waals surface area contributed by atoms with Crippen molar-refractivity contribution in [2.24, 2.45) is 0 Å². The molecule has 0 unspecified atom stereocenters. The highest BCUT2D eigenvalue weighted by Crippen LogP contribution is 2.25. The first-order valence-electron chi connectivity index (χ1n) is 8.21. The van der Waals surface area contributed by atoms with Crippen molar-refractivity contribution in [1.29, 1.82) is 0 Å². The normalized spacial score (nSPS) is 18.7. The van der Waals surface area contributed by atoms with Gasteiger partial charge in [0.25, 0.3) is 5.91 Å². The third-order valence-corrected chi connectivity index (χ3v) is 4.48. The van der Waals surface area contributed by atoms with Gasteiger partial charge in [0.15, 0.2) is 0 Å². The molecule has 0 spiro atoms. The van der Waals surface area contributed by atoms with Gasteiger partial charge in [0.1, 0.15) is 0 Å². The molecule has 0 atom stereocenters. The minimum absolute atomic E-state index is 0.0539. The summed E-state index contributed by atoms with van der Waals surface area (Å²) < 4.78 is 0. The van der Waals surface area contributed by atoms with Crippen LogP contribution in [0.5, 0.6) is 0 Å². The standard InChI is InChI=1S/C17H25N3O/c21-17(19-10-13-20-11-2-1-3-12-20)15-8-4-6-14-7-5-9-18-16(14)15/h4,6,8,18H,1-3,5,7,9-13H2,(H,19,21). The average molecular weight is 287 g/mol. The molecule has 2 N–H and O–H groups in total. The number of rotatable bonds is 4. The van der Waals surface area contributed by atoms with Crippen LogP contribution in [0.15, 0.2) is 18.2 Å². The van der Waals surface area contributed by atoms with Crippen LogP contribution >= 0.6 is 0 Å². The van der Waals surface area contributed by atoms with Crippen LogP contribution in [0.2, 0.25) is 0 Å². The van der Waals surface area contributed by atoms with Crippen molar-refractivity contribution in [3.05, 3.63) is 29.3 Å². The molecular weight excluding hydrogens is 262 g/mol. The molecule has 2 aliphatic heterocycles. The first-order chi connectivity index (χ1) is 10.3. The molecule has 2 heterocycles. The Kier molecular flexibility index (Phi) is 4.76. The third kappa shape index (κ3) is 3.56. The fourth-order valence-electron chi connectivity index (χ4n) is 3.30. The van der Waals surface area contributed by atoms with E-state index in [1.807, 2.05) is 12.1 Å². The predicted octanol–water partition coefficient (Wildman–Crippen LogP) is 2.26. The second-order valence-electron chi connectivity index (χ2n) is 6.03. The number of carbonyl (C=O) groups excluding carboxylic acids is 1. The van der Waals surface area contributed by atoms with Gasteiger partial charge in [-0.15, -0.1) is 0 Å². The number of hydrogen-bond acceptors (Lipinski definition) is 3. The van der Waals surface area contributed by atoms with Crippen LogP contribution in [-0.2, 0) is 6.42 Å². The van der Waals surface area contributed by atoms with E-state index in [1.54, 1.807) is 0 Å². The summed E-state index contributed by atoms with van der Waals surface area (Å²) in [6.07, 6.45) is 6.16. The number of nitrogens with one attached hydrogen (secondary N) is 2. The number of para-hydroxylation sites is 1. The van der Waals surface area contributed by atoms with Gasteiger partial charge in [-0.2, -0.15) is 0 Å². The van der Waals surface area contributed by atoms with E-state index >= 15 is 0 Å². The van der Waals surface area contributed by atoms with Gasteiger partial charge in [0.05, 0.1) is 11.3 Å².